The van der Waals surface area contributed by atoms with Crippen LogP contribution in [-0.4, -0.2) is 61.3 Å². The van der Waals surface area contributed by atoms with E-state index in [-0.39, 0.29) is 18.3 Å². The summed E-state index contributed by atoms with van der Waals surface area (Å²) in [6.07, 6.45) is 19.1. The van der Waals surface area contributed by atoms with Crippen molar-refractivity contribution in [3.8, 4) is 0 Å². The second kappa shape index (κ2) is 17.4. The normalized spacial score (nSPS) is 21.2. The molecule has 0 aliphatic carbocycles. The molecule has 1 aromatic heterocycles. The van der Waals surface area contributed by atoms with E-state index in [0.29, 0.717) is 35.4 Å². The van der Waals surface area contributed by atoms with Crippen LogP contribution < -0.4 is 16.0 Å². The van der Waals surface area contributed by atoms with Crippen LogP contribution in [0.25, 0.3) is 0 Å². The van der Waals surface area contributed by atoms with E-state index < -0.39 is 0 Å². The molecule has 3 N–H and O–H groups in total. The molecule has 1 amide bonds. The van der Waals surface area contributed by atoms with Crippen LogP contribution in [-0.2, 0) is 6.42 Å². The van der Waals surface area contributed by atoms with E-state index >= 15 is 0 Å². The first-order valence-electron chi connectivity index (χ1n) is 13.8. The number of aryl methyl sites for hydroxylation is 1. The maximum absolute atomic E-state index is 14.5. The monoisotopic (exact) mass is 554 g/mol. The summed E-state index contributed by atoms with van der Waals surface area (Å²) >= 11 is 6.11. The van der Waals surface area contributed by atoms with Crippen molar-refractivity contribution in [3.05, 3.63) is 88.4 Å². The molecule has 1 fully saturated rings. The van der Waals surface area contributed by atoms with Gasteiger partial charge in [0.1, 0.15) is 5.83 Å². The van der Waals surface area contributed by atoms with Gasteiger partial charge in [-0.3, -0.25) is 14.8 Å². The van der Waals surface area contributed by atoms with Crippen LogP contribution in [0, 0.1) is 0 Å². The molecule has 0 atom stereocenters. The van der Waals surface area contributed by atoms with Gasteiger partial charge in [-0.2, -0.15) is 0 Å². The lowest BCUT2D eigenvalue weighted by Crippen LogP contribution is -2.43. The number of piperazine rings is 1. The van der Waals surface area contributed by atoms with Crippen LogP contribution in [0.3, 0.4) is 0 Å². The average Bonchev–Trinajstić information content (AvgIpc) is 3.03. The van der Waals surface area contributed by atoms with E-state index in [0.717, 1.165) is 63.4 Å². The largest absolute Gasteiger partial charge is 0.368 e. The number of unbranched alkanes of at least 4 members (excludes halogenated alkanes) is 1. The Morgan fingerprint density at radius 2 is 2.15 bits per heavy atom. The zero-order valence-corrected chi connectivity index (χ0v) is 23.5. The summed E-state index contributed by atoms with van der Waals surface area (Å²) in [7, 11) is 0. The number of carbonyl (C=O) groups excluding carboxylic acids is 1. The van der Waals surface area contributed by atoms with Crippen LogP contribution in [0.1, 0.15) is 55.1 Å². The number of hydrogen-bond acceptors (Lipinski definition) is 6. The fourth-order valence-electron chi connectivity index (χ4n) is 4.11. The first-order chi connectivity index (χ1) is 19.1. The third kappa shape index (κ3) is 11.2. The number of carbonyl (C=O) groups is 1. The molecule has 2 aliphatic heterocycles. The molecule has 210 valence electrons. The van der Waals surface area contributed by atoms with Crippen molar-refractivity contribution in [2.24, 2.45) is 4.99 Å². The topological polar surface area (TPSA) is 81.6 Å². The number of halogens is 2. The Bertz CT molecular complexity index is 1120. The smallest absolute Gasteiger partial charge is 0.251 e. The number of nitrogens with zero attached hydrogens (tertiary/aromatic N) is 3. The molecule has 9 heteroatoms. The van der Waals surface area contributed by atoms with E-state index in [1.165, 1.54) is 12.3 Å². The van der Waals surface area contributed by atoms with E-state index in [9.17, 15) is 9.18 Å². The Morgan fingerprint density at radius 3 is 2.97 bits per heavy atom. The zero-order valence-electron chi connectivity index (χ0n) is 22.8. The molecule has 2 aliphatic rings. The number of rotatable bonds is 12. The van der Waals surface area contributed by atoms with Gasteiger partial charge in [0.2, 0.25) is 0 Å². The van der Waals surface area contributed by atoms with Crippen molar-refractivity contribution < 1.29 is 9.18 Å². The number of amides is 1. The van der Waals surface area contributed by atoms with Gasteiger partial charge in [0, 0.05) is 80.4 Å². The van der Waals surface area contributed by atoms with Gasteiger partial charge in [-0.15, -0.1) is 0 Å². The highest BCUT2D eigenvalue weighted by Crippen LogP contribution is 2.20. The summed E-state index contributed by atoms with van der Waals surface area (Å²) in [4.78, 5) is 24.1. The second-order valence-corrected chi connectivity index (χ2v) is 9.93. The van der Waals surface area contributed by atoms with Crippen molar-refractivity contribution in [1.82, 2.24) is 25.8 Å². The van der Waals surface area contributed by atoms with Gasteiger partial charge in [-0.25, -0.2) is 4.39 Å². The Labute approximate surface area is 236 Å². The molecule has 39 heavy (non-hydrogen) atoms. The molecule has 0 saturated carbocycles. The number of nitrogens with one attached hydrogen (secondary N) is 3. The first kappa shape index (κ1) is 30.3. The molecule has 0 aromatic carbocycles. The minimum atomic E-state index is -0.369. The number of pyridine rings is 1. The zero-order chi connectivity index (χ0) is 27.7. The summed E-state index contributed by atoms with van der Waals surface area (Å²) in [6.45, 7) is 7.04. The van der Waals surface area contributed by atoms with Crippen LogP contribution in [0.2, 0.25) is 0 Å². The van der Waals surface area contributed by atoms with Gasteiger partial charge in [0.05, 0.1) is 5.70 Å². The van der Waals surface area contributed by atoms with E-state index in [4.69, 9.17) is 11.6 Å². The van der Waals surface area contributed by atoms with Gasteiger partial charge in [-0.1, -0.05) is 37.1 Å². The molecule has 0 bridgehead atoms. The minimum Gasteiger partial charge on any atom is -0.368 e. The predicted octanol–water partition coefficient (Wildman–Crippen LogP) is 5.16. The summed E-state index contributed by atoms with van der Waals surface area (Å²) in [6, 6.07) is 3.47. The number of aliphatic imine (C=N–C) groups is 1. The summed E-state index contributed by atoms with van der Waals surface area (Å²) in [5.74, 6) is -0.629. The number of aromatic nitrogens is 1. The molecule has 3 rings (SSSR count). The van der Waals surface area contributed by atoms with Crippen molar-refractivity contribution >= 4 is 23.7 Å². The molecule has 0 radical (unpaired) electrons. The van der Waals surface area contributed by atoms with Gasteiger partial charge in [0.15, 0.2) is 0 Å². The Morgan fingerprint density at radius 1 is 1.31 bits per heavy atom. The molecule has 7 nitrogen and oxygen atoms in total. The standard InChI is InChI=1S/C30H40ClFN6O/c1-2-3-13-34-23-28(38-18-16-33-17-19-38)8-6-4-5-7-27-20-24(11-15-36-27)30(39)37-21-25-9-10-26(31)22-35-14-12-29(25)32/h4,6,8,11-12,14-15,20,22-23,33,35H,2-3,5,7,9-10,13,16-19,21H2,1H3,(H,37,39)/b6-4+,14-12+,26-22+,28-8+,29-25-,34-23?. The van der Waals surface area contributed by atoms with Crippen LogP contribution in [0.4, 0.5) is 4.39 Å². The van der Waals surface area contributed by atoms with Crippen molar-refractivity contribution in [3.63, 3.8) is 0 Å². The third-order valence-electron chi connectivity index (χ3n) is 6.43. The lowest BCUT2D eigenvalue weighted by Gasteiger charge is -2.29. The van der Waals surface area contributed by atoms with Crippen LogP contribution in [0.5, 0.6) is 0 Å². The van der Waals surface area contributed by atoms with E-state index in [1.807, 2.05) is 6.21 Å². The highest BCUT2D eigenvalue weighted by molar-refractivity contribution is 6.29. The second-order valence-electron chi connectivity index (χ2n) is 9.45. The van der Waals surface area contributed by atoms with Crippen molar-refractivity contribution in [1.29, 1.82) is 0 Å². The highest BCUT2D eigenvalue weighted by Gasteiger charge is 2.12. The third-order valence-corrected chi connectivity index (χ3v) is 6.73. The molecule has 1 saturated heterocycles. The van der Waals surface area contributed by atoms with Gasteiger partial charge in [-0.05, 0) is 62.0 Å². The highest BCUT2D eigenvalue weighted by atomic mass is 35.5. The summed E-state index contributed by atoms with van der Waals surface area (Å²) in [5.41, 5.74) is 2.97. The number of hydrogen-bond donors (Lipinski definition) is 3. The Hall–Kier alpha value is -3.23. The molecule has 3 heterocycles. The average molecular weight is 555 g/mol. The molecular weight excluding hydrogens is 515 g/mol. The van der Waals surface area contributed by atoms with Gasteiger partial charge < -0.3 is 20.9 Å². The molecule has 1 aromatic rings. The molecule has 0 spiro atoms. The lowest BCUT2D eigenvalue weighted by atomic mass is 10.1. The first-order valence-corrected chi connectivity index (χ1v) is 14.1. The van der Waals surface area contributed by atoms with E-state index in [1.54, 1.807) is 24.5 Å². The Kier molecular flexibility index (Phi) is 13.5. The SMILES string of the molecule is CCCCN=C/C(=C\C=C\CCc1cc(C(=O)NC/C2=C(F)/C=C/N/C=C(/Cl)CC2)ccn1)N1CCNCC1. The fraction of sp³-hybridized carbons (Fsp3) is 0.433. The van der Waals surface area contributed by atoms with E-state index in [2.05, 4.69) is 56.0 Å². The fourth-order valence-corrected chi connectivity index (χ4v) is 4.27. The summed E-state index contributed by atoms with van der Waals surface area (Å²) < 4.78 is 14.5. The molecule has 0 unspecified atom stereocenters. The summed E-state index contributed by atoms with van der Waals surface area (Å²) in [5, 5.41) is 9.64. The lowest BCUT2D eigenvalue weighted by molar-refractivity contribution is 0.0956. The predicted molar refractivity (Wildman–Crippen MR) is 158 cm³/mol. The van der Waals surface area contributed by atoms with Crippen molar-refractivity contribution in [2.75, 3.05) is 39.3 Å². The maximum atomic E-state index is 14.5. The quantitative estimate of drug-likeness (QED) is 0.189. The van der Waals surface area contributed by atoms with Gasteiger partial charge >= 0.3 is 0 Å². The van der Waals surface area contributed by atoms with Crippen molar-refractivity contribution in [2.45, 2.75) is 45.4 Å². The Balaban J connectivity index is 1.53. The molecular formula is C30H40ClFN6O. The van der Waals surface area contributed by atoms with Gasteiger partial charge in [0.25, 0.3) is 5.91 Å². The van der Waals surface area contributed by atoms with Crippen LogP contribution >= 0.6 is 11.6 Å². The maximum Gasteiger partial charge on any atom is 0.251 e. The number of allylic oxidation sites excluding steroid dienone is 7. The van der Waals surface area contributed by atoms with Crippen LogP contribution in [0.15, 0.2) is 82.2 Å². The minimum absolute atomic E-state index is 0.114.